The van der Waals surface area contributed by atoms with E-state index in [1.54, 1.807) is 44.2 Å². The van der Waals surface area contributed by atoms with E-state index >= 15 is 0 Å². The molecule has 10 heteroatoms. The SMILES string of the molecule is CCOC(=O)/C(C#N)=c1\s/c(=C/NC(=O)Nc2ccccc2Cl)c(=O)n1CC. The van der Waals surface area contributed by atoms with Crippen LogP contribution in [0.15, 0.2) is 29.1 Å². The molecule has 0 unspecified atom stereocenters. The summed E-state index contributed by atoms with van der Waals surface area (Å²) in [6, 6.07) is 7.88. The molecule has 2 rings (SSSR count). The number of nitrogens with one attached hydrogen (secondary N) is 2. The molecule has 0 spiro atoms. The number of nitrogens with zero attached hydrogens (tertiary/aromatic N) is 2. The predicted molar refractivity (Wildman–Crippen MR) is 107 cm³/mol. The first-order valence-electron chi connectivity index (χ1n) is 8.26. The molecule has 28 heavy (non-hydrogen) atoms. The Labute approximate surface area is 169 Å². The number of thiazole rings is 1. The maximum atomic E-state index is 12.5. The van der Waals surface area contributed by atoms with Gasteiger partial charge in [0.1, 0.15) is 15.3 Å². The van der Waals surface area contributed by atoms with Crippen LogP contribution in [0.4, 0.5) is 10.5 Å². The molecule has 2 aromatic rings. The number of anilines is 1. The van der Waals surface area contributed by atoms with Gasteiger partial charge in [0.2, 0.25) is 0 Å². The zero-order chi connectivity index (χ0) is 20.7. The zero-order valence-electron chi connectivity index (χ0n) is 15.1. The topological polar surface area (TPSA) is 113 Å². The molecular weight excluding hydrogens is 404 g/mol. The van der Waals surface area contributed by atoms with E-state index in [1.807, 2.05) is 0 Å². The summed E-state index contributed by atoms with van der Waals surface area (Å²) in [6.45, 7) is 3.68. The molecule has 0 saturated carbocycles. The fraction of sp³-hybridized carbons (Fsp3) is 0.222. The quantitative estimate of drug-likeness (QED) is 0.709. The van der Waals surface area contributed by atoms with Crippen molar-refractivity contribution in [3.05, 3.63) is 48.8 Å². The van der Waals surface area contributed by atoms with Crippen LogP contribution in [0.25, 0.3) is 11.8 Å². The van der Waals surface area contributed by atoms with Gasteiger partial charge in [-0.25, -0.2) is 9.59 Å². The van der Waals surface area contributed by atoms with Crippen LogP contribution in [0.3, 0.4) is 0 Å². The molecule has 146 valence electrons. The smallest absolute Gasteiger partial charge is 0.351 e. The lowest BCUT2D eigenvalue weighted by Crippen LogP contribution is -2.34. The van der Waals surface area contributed by atoms with Crippen molar-refractivity contribution in [3.8, 4) is 6.07 Å². The van der Waals surface area contributed by atoms with Gasteiger partial charge >= 0.3 is 12.0 Å². The molecule has 0 saturated heterocycles. The lowest BCUT2D eigenvalue weighted by molar-refractivity contribution is -0.136. The number of rotatable bonds is 5. The van der Waals surface area contributed by atoms with Gasteiger partial charge < -0.3 is 15.4 Å². The summed E-state index contributed by atoms with van der Waals surface area (Å²) in [4.78, 5) is 36.5. The van der Waals surface area contributed by atoms with E-state index in [2.05, 4.69) is 10.6 Å². The first-order chi connectivity index (χ1) is 13.4. The Bertz CT molecular complexity index is 1110. The second kappa shape index (κ2) is 9.73. The van der Waals surface area contributed by atoms with Crippen molar-refractivity contribution in [1.29, 1.82) is 5.26 Å². The number of hydrogen-bond donors (Lipinski definition) is 2. The molecule has 1 aromatic carbocycles. The number of urea groups is 1. The maximum Gasteiger partial charge on any atom is 0.351 e. The van der Waals surface area contributed by atoms with Gasteiger partial charge in [0.15, 0.2) is 5.57 Å². The first kappa shape index (κ1) is 21.2. The Morgan fingerprint density at radius 3 is 2.68 bits per heavy atom. The summed E-state index contributed by atoms with van der Waals surface area (Å²) in [5.41, 5.74) is -0.279. The highest BCUT2D eigenvalue weighted by Crippen LogP contribution is 2.19. The fourth-order valence-electron chi connectivity index (χ4n) is 2.23. The molecule has 0 atom stereocenters. The molecule has 0 bridgehead atoms. The first-order valence-corrected chi connectivity index (χ1v) is 9.45. The van der Waals surface area contributed by atoms with Crippen molar-refractivity contribution in [2.24, 2.45) is 0 Å². The fourth-order valence-corrected chi connectivity index (χ4v) is 3.49. The van der Waals surface area contributed by atoms with Gasteiger partial charge in [-0.15, -0.1) is 11.3 Å². The van der Waals surface area contributed by atoms with Crippen LogP contribution in [0.2, 0.25) is 5.02 Å². The number of carbonyl (C=O) groups is 2. The average Bonchev–Trinajstić information content (AvgIpc) is 2.98. The number of carbonyl (C=O) groups excluding carboxylic acids is 2. The van der Waals surface area contributed by atoms with Crippen molar-refractivity contribution in [2.75, 3.05) is 11.9 Å². The number of hydrogen-bond acceptors (Lipinski definition) is 6. The van der Waals surface area contributed by atoms with Gasteiger partial charge in [-0.3, -0.25) is 9.36 Å². The van der Waals surface area contributed by atoms with Crippen LogP contribution < -0.4 is 25.4 Å². The van der Waals surface area contributed by atoms with Crippen molar-refractivity contribution < 1.29 is 14.3 Å². The third kappa shape index (κ3) is 4.79. The average molecular weight is 421 g/mol. The Morgan fingerprint density at radius 1 is 1.36 bits per heavy atom. The largest absolute Gasteiger partial charge is 0.462 e. The van der Waals surface area contributed by atoms with E-state index in [0.717, 1.165) is 11.3 Å². The van der Waals surface area contributed by atoms with Gasteiger partial charge in [0, 0.05) is 12.7 Å². The predicted octanol–water partition coefficient (Wildman–Crippen LogP) is 1.38. The molecule has 2 amide bonds. The van der Waals surface area contributed by atoms with Gasteiger partial charge in [-0.2, -0.15) is 5.26 Å². The number of aromatic nitrogens is 1. The van der Waals surface area contributed by atoms with Crippen LogP contribution in [0.5, 0.6) is 0 Å². The Balaban J connectivity index is 2.39. The highest BCUT2D eigenvalue weighted by atomic mass is 35.5. The standard InChI is InChI=1S/C18H17ClN4O4S/c1-3-23-15(24)14(28-16(23)11(9-20)17(25)27-4-2)10-21-18(26)22-13-8-6-5-7-12(13)19/h5-8,10H,3-4H2,1-2H3,(H2,21,22,26)/b14-10+,16-11-. The molecule has 1 aromatic heterocycles. The summed E-state index contributed by atoms with van der Waals surface area (Å²) in [5.74, 6) is -0.801. The second-order valence-electron chi connectivity index (χ2n) is 5.25. The van der Waals surface area contributed by atoms with Crippen LogP contribution in [0, 0.1) is 11.3 Å². The van der Waals surface area contributed by atoms with Crippen molar-refractivity contribution in [1.82, 2.24) is 9.88 Å². The lowest BCUT2D eigenvalue weighted by atomic mass is 10.3. The van der Waals surface area contributed by atoms with Crippen molar-refractivity contribution in [2.45, 2.75) is 20.4 Å². The van der Waals surface area contributed by atoms with E-state index in [4.69, 9.17) is 16.3 Å². The molecule has 0 aliphatic rings. The number of amides is 2. The van der Waals surface area contributed by atoms with Gasteiger partial charge in [0.25, 0.3) is 5.56 Å². The third-order valence-electron chi connectivity index (χ3n) is 3.49. The number of para-hydroxylation sites is 1. The van der Waals surface area contributed by atoms with E-state index in [9.17, 15) is 19.6 Å². The number of nitriles is 1. The lowest BCUT2D eigenvalue weighted by Gasteiger charge is -2.05. The normalized spacial score (nSPS) is 12.1. The van der Waals surface area contributed by atoms with Gasteiger partial charge in [-0.05, 0) is 26.0 Å². The minimum Gasteiger partial charge on any atom is -0.462 e. The Morgan fingerprint density at radius 2 is 2.07 bits per heavy atom. The summed E-state index contributed by atoms with van der Waals surface area (Å²) >= 11 is 6.89. The molecule has 2 N–H and O–H groups in total. The second-order valence-corrected chi connectivity index (χ2v) is 6.69. The van der Waals surface area contributed by atoms with E-state index in [0.29, 0.717) is 10.7 Å². The van der Waals surface area contributed by atoms with Crippen molar-refractivity contribution in [3.63, 3.8) is 0 Å². The van der Waals surface area contributed by atoms with Crippen LogP contribution in [-0.2, 0) is 16.1 Å². The molecule has 8 nitrogen and oxygen atoms in total. The molecular formula is C18H17ClN4O4S. The molecule has 0 radical (unpaired) electrons. The van der Waals surface area contributed by atoms with Crippen LogP contribution >= 0.6 is 22.9 Å². The Kier molecular flexibility index (Phi) is 7.37. The summed E-state index contributed by atoms with van der Waals surface area (Å²) in [7, 11) is 0. The van der Waals surface area contributed by atoms with Gasteiger partial charge in [0.05, 0.1) is 17.3 Å². The number of ether oxygens (including phenoxy) is 1. The Hall–Kier alpha value is -3.09. The summed E-state index contributed by atoms with van der Waals surface area (Å²) in [5, 5.41) is 14.7. The molecule has 0 aliphatic carbocycles. The van der Waals surface area contributed by atoms with Crippen LogP contribution in [-0.4, -0.2) is 23.2 Å². The van der Waals surface area contributed by atoms with Crippen molar-refractivity contribution >= 4 is 52.4 Å². The summed E-state index contributed by atoms with van der Waals surface area (Å²) in [6.07, 6.45) is 1.22. The highest BCUT2D eigenvalue weighted by Gasteiger charge is 2.16. The molecule has 0 aliphatic heterocycles. The maximum absolute atomic E-state index is 12.5. The zero-order valence-corrected chi connectivity index (χ0v) is 16.7. The van der Waals surface area contributed by atoms with E-state index in [1.165, 1.54) is 10.8 Å². The van der Waals surface area contributed by atoms with E-state index in [-0.39, 0.29) is 27.9 Å². The van der Waals surface area contributed by atoms with Gasteiger partial charge in [-0.1, -0.05) is 23.7 Å². The monoisotopic (exact) mass is 420 g/mol. The highest BCUT2D eigenvalue weighted by molar-refractivity contribution is 7.07. The minimum atomic E-state index is -0.801. The van der Waals surface area contributed by atoms with Crippen LogP contribution in [0.1, 0.15) is 13.8 Å². The molecule has 1 heterocycles. The third-order valence-corrected chi connectivity index (χ3v) is 4.95. The number of benzene rings is 1. The number of esters is 1. The summed E-state index contributed by atoms with van der Waals surface area (Å²) < 4.78 is 6.47. The van der Waals surface area contributed by atoms with E-state index < -0.39 is 17.6 Å². The minimum absolute atomic E-state index is 0.106. The molecule has 0 fully saturated rings. The number of halogens is 1.